The SMILES string of the molecule is Cc1ncsc1C(=O)N1CCCCC1c1ncc(Cc2ccc(F)cc2)o1. The van der Waals surface area contributed by atoms with Crippen LogP contribution in [0.2, 0.25) is 0 Å². The quantitative estimate of drug-likeness (QED) is 0.662. The third-order valence-corrected chi connectivity index (χ3v) is 5.77. The Morgan fingerprint density at radius 3 is 2.85 bits per heavy atom. The third kappa shape index (κ3) is 3.78. The Morgan fingerprint density at radius 1 is 1.30 bits per heavy atom. The zero-order chi connectivity index (χ0) is 18.8. The minimum absolute atomic E-state index is 0.00187. The lowest BCUT2D eigenvalue weighted by Gasteiger charge is -2.33. The van der Waals surface area contributed by atoms with Gasteiger partial charge in [-0.25, -0.2) is 14.4 Å². The van der Waals surface area contributed by atoms with Crippen LogP contribution in [0.15, 0.2) is 40.4 Å². The largest absolute Gasteiger partial charge is 0.443 e. The normalized spacial score (nSPS) is 17.3. The van der Waals surface area contributed by atoms with E-state index >= 15 is 0 Å². The number of likely N-dealkylation sites (tertiary alicyclic amines) is 1. The van der Waals surface area contributed by atoms with Crippen LogP contribution in [0.5, 0.6) is 0 Å². The maximum absolute atomic E-state index is 13.1. The van der Waals surface area contributed by atoms with Gasteiger partial charge in [0.25, 0.3) is 5.91 Å². The number of oxazole rings is 1. The molecule has 0 radical (unpaired) electrons. The first-order valence-electron chi connectivity index (χ1n) is 9.02. The lowest BCUT2D eigenvalue weighted by molar-refractivity contribution is 0.0574. The Kier molecular flexibility index (Phi) is 5.03. The second-order valence-electron chi connectivity index (χ2n) is 6.75. The smallest absolute Gasteiger partial charge is 0.266 e. The number of piperidine rings is 1. The molecule has 0 bridgehead atoms. The maximum Gasteiger partial charge on any atom is 0.266 e. The summed E-state index contributed by atoms with van der Waals surface area (Å²) in [5, 5.41) is 0. The molecule has 0 saturated carbocycles. The number of aryl methyl sites for hydroxylation is 1. The van der Waals surface area contributed by atoms with Gasteiger partial charge in [-0.2, -0.15) is 0 Å². The molecule has 140 valence electrons. The predicted octanol–water partition coefficient (Wildman–Crippen LogP) is 4.54. The summed E-state index contributed by atoms with van der Waals surface area (Å²) in [6.45, 7) is 2.55. The van der Waals surface area contributed by atoms with Crippen molar-refractivity contribution in [2.24, 2.45) is 0 Å². The summed E-state index contributed by atoms with van der Waals surface area (Å²) >= 11 is 1.37. The summed E-state index contributed by atoms with van der Waals surface area (Å²) in [6.07, 6.45) is 5.09. The number of hydrogen-bond donors (Lipinski definition) is 0. The topological polar surface area (TPSA) is 59.2 Å². The van der Waals surface area contributed by atoms with E-state index in [2.05, 4.69) is 9.97 Å². The van der Waals surface area contributed by atoms with Crippen LogP contribution in [0.3, 0.4) is 0 Å². The van der Waals surface area contributed by atoms with Crippen molar-refractivity contribution in [1.82, 2.24) is 14.9 Å². The molecule has 5 nitrogen and oxygen atoms in total. The summed E-state index contributed by atoms with van der Waals surface area (Å²) < 4.78 is 19.0. The zero-order valence-electron chi connectivity index (χ0n) is 15.0. The molecule has 0 aliphatic carbocycles. The van der Waals surface area contributed by atoms with Crippen molar-refractivity contribution in [3.8, 4) is 0 Å². The van der Waals surface area contributed by atoms with Gasteiger partial charge < -0.3 is 9.32 Å². The maximum atomic E-state index is 13.1. The molecule has 1 fully saturated rings. The highest BCUT2D eigenvalue weighted by Crippen LogP contribution is 2.33. The van der Waals surface area contributed by atoms with E-state index in [-0.39, 0.29) is 17.8 Å². The lowest BCUT2D eigenvalue weighted by Crippen LogP contribution is -2.38. The van der Waals surface area contributed by atoms with E-state index in [1.54, 1.807) is 23.8 Å². The number of hydrogen-bond acceptors (Lipinski definition) is 5. The molecule has 1 amide bonds. The second kappa shape index (κ2) is 7.60. The summed E-state index contributed by atoms with van der Waals surface area (Å²) in [6, 6.07) is 6.19. The number of rotatable bonds is 4. The first-order valence-corrected chi connectivity index (χ1v) is 9.90. The van der Waals surface area contributed by atoms with Gasteiger partial charge in [-0.15, -0.1) is 11.3 Å². The van der Waals surface area contributed by atoms with E-state index in [0.29, 0.717) is 29.5 Å². The van der Waals surface area contributed by atoms with Gasteiger partial charge in [-0.1, -0.05) is 12.1 Å². The number of nitrogens with zero attached hydrogens (tertiary/aromatic N) is 3. The highest BCUT2D eigenvalue weighted by molar-refractivity contribution is 7.11. The van der Waals surface area contributed by atoms with E-state index in [0.717, 1.165) is 30.5 Å². The standard InChI is InChI=1S/C20H20FN3O2S/c1-13-18(27-12-23-13)20(25)24-9-3-2-4-17(24)19-22-11-16(26-19)10-14-5-7-15(21)8-6-14/h5-8,11-12,17H,2-4,9-10H2,1H3. The van der Waals surface area contributed by atoms with Crippen LogP contribution in [0.1, 0.15) is 57.9 Å². The van der Waals surface area contributed by atoms with Gasteiger partial charge in [0.15, 0.2) is 0 Å². The predicted molar refractivity (Wildman–Crippen MR) is 100 cm³/mol. The summed E-state index contributed by atoms with van der Waals surface area (Å²) in [5.74, 6) is 1.02. The summed E-state index contributed by atoms with van der Waals surface area (Å²) in [5.41, 5.74) is 3.42. The fourth-order valence-electron chi connectivity index (χ4n) is 3.43. The van der Waals surface area contributed by atoms with Crippen molar-refractivity contribution < 1.29 is 13.6 Å². The molecule has 0 N–H and O–H groups in total. The van der Waals surface area contributed by atoms with Crippen molar-refractivity contribution in [2.45, 2.75) is 38.6 Å². The van der Waals surface area contributed by atoms with Gasteiger partial charge in [-0.05, 0) is 43.9 Å². The zero-order valence-corrected chi connectivity index (χ0v) is 15.8. The molecule has 2 aromatic heterocycles. The Bertz CT molecular complexity index is 935. The van der Waals surface area contributed by atoms with E-state index in [9.17, 15) is 9.18 Å². The molecule has 1 aromatic carbocycles. The molecule has 1 unspecified atom stereocenters. The van der Waals surface area contributed by atoms with Gasteiger partial charge in [0.05, 0.1) is 17.4 Å². The molecule has 1 aliphatic rings. The van der Waals surface area contributed by atoms with E-state index in [1.807, 2.05) is 11.8 Å². The van der Waals surface area contributed by atoms with Gasteiger partial charge in [-0.3, -0.25) is 4.79 Å². The van der Waals surface area contributed by atoms with Crippen molar-refractivity contribution in [3.63, 3.8) is 0 Å². The second-order valence-corrected chi connectivity index (χ2v) is 7.60. The van der Waals surface area contributed by atoms with Crippen LogP contribution in [0, 0.1) is 12.7 Å². The Balaban J connectivity index is 1.54. The first-order chi connectivity index (χ1) is 13.1. The van der Waals surface area contributed by atoms with Crippen molar-refractivity contribution in [1.29, 1.82) is 0 Å². The molecule has 27 heavy (non-hydrogen) atoms. The Hall–Kier alpha value is -2.54. The average Bonchev–Trinajstić information content (AvgIpc) is 3.32. The van der Waals surface area contributed by atoms with Crippen LogP contribution in [-0.2, 0) is 6.42 Å². The average molecular weight is 385 g/mol. The van der Waals surface area contributed by atoms with Gasteiger partial charge in [0, 0.05) is 13.0 Å². The number of benzene rings is 1. The van der Waals surface area contributed by atoms with Gasteiger partial charge in [0.2, 0.25) is 5.89 Å². The van der Waals surface area contributed by atoms with Crippen LogP contribution in [0.25, 0.3) is 0 Å². The number of amides is 1. The van der Waals surface area contributed by atoms with E-state index < -0.39 is 0 Å². The molecule has 1 atom stereocenters. The van der Waals surface area contributed by atoms with Crippen LogP contribution >= 0.6 is 11.3 Å². The third-order valence-electron chi connectivity index (χ3n) is 4.85. The minimum Gasteiger partial charge on any atom is -0.443 e. The van der Waals surface area contributed by atoms with E-state index in [4.69, 9.17) is 4.42 Å². The first kappa shape index (κ1) is 17.9. The molecule has 0 spiro atoms. The number of carbonyl (C=O) groups is 1. The van der Waals surface area contributed by atoms with Crippen molar-refractivity contribution in [2.75, 3.05) is 6.54 Å². The molecule has 7 heteroatoms. The summed E-state index contributed by atoms with van der Waals surface area (Å²) in [4.78, 5) is 24.2. The summed E-state index contributed by atoms with van der Waals surface area (Å²) in [7, 11) is 0. The highest BCUT2D eigenvalue weighted by Gasteiger charge is 2.33. The van der Waals surface area contributed by atoms with Gasteiger partial charge >= 0.3 is 0 Å². The highest BCUT2D eigenvalue weighted by atomic mass is 32.1. The van der Waals surface area contributed by atoms with Gasteiger partial charge in [0.1, 0.15) is 22.5 Å². The van der Waals surface area contributed by atoms with Crippen molar-refractivity contribution in [3.05, 3.63) is 69.6 Å². The number of carbonyl (C=O) groups excluding carboxylic acids is 1. The monoisotopic (exact) mass is 385 g/mol. The van der Waals surface area contributed by atoms with E-state index in [1.165, 1.54) is 23.5 Å². The van der Waals surface area contributed by atoms with Crippen molar-refractivity contribution >= 4 is 17.2 Å². The fourth-order valence-corrected chi connectivity index (χ4v) is 4.19. The molecular formula is C20H20FN3O2S. The van der Waals surface area contributed by atoms with Crippen LogP contribution in [-0.4, -0.2) is 27.3 Å². The molecule has 1 aliphatic heterocycles. The lowest BCUT2D eigenvalue weighted by atomic mass is 10.0. The molecule has 3 aromatic rings. The number of thiazole rings is 1. The molecule has 1 saturated heterocycles. The number of aromatic nitrogens is 2. The van der Waals surface area contributed by atoms with Crippen LogP contribution < -0.4 is 0 Å². The fraction of sp³-hybridized carbons (Fsp3) is 0.350. The number of halogens is 1. The molecule has 4 rings (SSSR count). The Labute approximate surface area is 160 Å². The molecule has 3 heterocycles. The minimum atomic E-state index is -0.258. The van der Waals surface area contributed by atoms with Crippen LogP contribution in [0.4, 0.5) is 4.39 Å². The molecular weight excluding hydrogens is 365 g/mol. The Morgan fingerprint density at radius 2 is 2.11 bits per heavy atom.